The first-order valence-electron chi connectivity index (χ1n) is 5.16. The minimum Gasteiger partial charge on any atom is -0.481 e. The van der Waals surface area contributed by atoms with Gasteiger partial charge in [-0.1, -0.05) is 0 Å². The number of hydrogen-bond acceptors (Lipinski definition) is 5. The van der Waals surface area contributed by atoms with Gasteiger partial charge in [0, 0.05) is 6.42 Å². The zero-order valence-electron chi connectivity index (χ0n) is 9.59. The van der Waals surface area contributed by atoms with Gasteiger partial charge in [-0.15, -0.1) is 11.8 Å². The number of nitrogens with zero attached hydrogens (tertiary/aromatic N) is 1. The Morgan fingerprint density at radius 1 is 1.33 bits per heavy atom. The zero-order chi connectivity index (χ0) is 14.0. The maximum Gasteiger partial charge on any atom is 0.326 e. The third-order valence-electron chi connectivity index (χ3n) is 1.92. The fourth-order valence-electron chi connectivity index (χ4n) is 1.14. The van der Waals surface area contributed by atoms with E-state index in [0.717, 1.165) is 11.8 Å². The number of carbonyl (C=O) groups excluding carboxylic acids is 1. The normalized spacial score (nSPS) is 11.3. The summed E-state index contributed by atoms with van der Waals surface area (Å²) in [4.78, 5) is 32.4. The monoisotopic (exact) mass is 274 g/mol. The molecule has 0 unspecified atom stereocenters. The van der Waals surface area contributed by atoms with Crippen molar-refractivity contribution < 1.29 is 24.6 Å². The van der Waals surface area contributed by atoms with Gasteiger partial charge in [-0.05, 0) is 12.8 Å². The average Bonchev–Trinajstić information content (AvgIpc) is 2.27. The first-order chi connectivity index (χ1) is 8.47. The summed E-state index contributed by atoms with van der Waals surface area (Å²) in [5.41, 5.74) is 0. The molecule has 0 saturated heterocycles. The maximum absolute atomic E-state index is 11.3. The topological polar surface area (TPSA) is 127 Å². The van der Waals surface area contributed by atoms with Crippen LogP contribution in [0.25, 0.3) is 0 Å². The lowest BCUT2D eigenvalue weighted by atomic mass is 10.1. The van der Waals surface area contributed by atoms with E-state index in [9.17, 15) is 14.4 Å². The van der Waals surface area contributed by atoms with Crippen LogP contribution in [0, 0.1) is 11.3 Å². The molecule has 100 valence electrons. The molecule has 1 atom stereocenters. The number of nitrogens with one attached hydrogen (secondary N) is 1. The van der Waals surface area contributed by atoms with Crippen LogP contribution < -0.4 is 5.32 Å². The molecule has 0 fully saturated rings. The number of hydrogen-bond donors (Lipinski definition) is 3. The summed E-state index contributed by atoms with van der Waals surface area (Å²) in [6.07, 6.45) is 0.108. The van der Waals surface area contributed by atoms with Crippen LogP contribution in [0.3, 0.4) is 0 Å². The highest BCUT2D eigenvalue weighted by molar-refractivity contribution is 8.00. The van der Waals surface area contributed by atoms with Gasteiger partial charge in [0.15, 0.2) is 0 Å². The highest BCUT2D eigenvalue weighted by Crippen LogP contribution is 2.03. The first kappa shape index (κ1) is 16.2. The molecule has 0 saturated carbocycles. The second-order valence-corrected chi connectivity index (χ2v) is 4.38. The molecule has 18 heavy (non-hydrogen) atoms. The zero-order valence-corrected chi connectivity index (χ0v) is 10.4. The number of carbonyl (C=O) groups is 3. The van der Waals surface area contributed by atoms with E-state index in [4.69, 9.17) is 15.5 Å². The molecule has 3 N–H and O–H groups in total. The molecule has 0 aromatic carbocycles. The van der Waals surface area contributed by atoms with Crippen molar-refractivity contribution in [2.24, 2.45) is 0 Å². The first-order valence-corrected chi connectivity index (χ1v) is 6.31. The second-order valence-electron chi connectivity index (χ2n) is 3.40. The largest absolute Gasteiger partial charge is 0.481 e. The van der Waals surface area contributed by atoms with Crippen LogP contribution in [0.5, 0.6) is 0 Å². The van der Waals surface area contributed by atoms with Crippen molar-refractivity contribution >= 4 is 29.6 Å². The van der Waals surface area contributed by atoms with E-state index in [1.807, 2.05) is 6.07 Å². The Balaban J connectivity index is 4.03. The van der Waals surface area contributed by atoms with Crippen molar-refractivity contribution in [2.45, 2.75) is 25.3 Å². The van der Waals surface area contributed by atoms with Gasteiger partial charge in [0.2, 0.25) is 5.91 Å². The Labute approximate surface area is 108 Å². The van der Waals surface area contributed by atoms with Crippen LogP contribution in [0.1, 0.15) is 19.3 Å². The van der Waals surface area contributed by atoms with Gasteiger partial charge in [-0.25, -0.2) is 4.79 Å². The summed E-state index contributed by atoms with van der Waals surface area (Å²) in [5, 5.41) is 27.8. The SMILES string of the molecule is N#CCSCC(=O)N[C@H](CCCC(=O)O)C(=O)O. The number of aliphatic carboxylic acids is 2. The summed E-state index contributed by atoms with van der Waals surface area (Å²) >= 11 is 1.08. The van der Waals surface area contributed by atoms with Gasteiger partial charge in [0.05, 0.1) is 17.6 Å². The molecule has 0 aliphatic heterocycles. The van der Waals surface area contributed by atoms with E-state index >= 15 is 0 Å². The Morgan fingerprint density at radius 2 is 2.00 bits per heavy atom. The Morgan fingerprint density at radius 3 is 2.50 bits per heavy atom. The molecule has 7 nitrogen and oxygen atoms in total. The van der Waals surface area contributed by atoms with Crippen LogP contribution >= 0.6 is 11.8 Å². The van der Waals surface area contributed by atoms with E-state index < -0.39 is 23.9 Å². The summed E-state index contributed by atoms with van der Waals surface area (Å²) in [6.45, 7) is 0. The molecule has 0 bridgehead atoms. The number of thioether (sulfide) groups is 1. The quantitative estimate of drug-likeness (QED) is 0.507. The molecule has 0 aliphatic rings. The number of carboxylic acids is 2. The third-order valence-corrected chi connectivity index (χ3v) is 2.72. The molecular formula is C10H14N2O5S. The Hall–Kier alpha value is -1.75. The van der Waals surface area contributed by atoms with Gasteiger partial charge in [-0.3, -0.25) is 9.59 Å². The number of amides is 1. The fraction of sp³-hybridized carbons (Fsp3) is 0.600. The van der Waals surface area contributed by atoms with E-state index in [0.29, 0.717) is 0 Å². The molecule has 0 spiro atoms. The summed E-state index contributed by atoms with van der Waals surface area (Å²) in [6, 6.07) is 0.764. The fourth-order valence-corrected chi connectivity index (χ4v) is 1.60. The highest BCUT2D eigenvalue weighted by Gasteiger charge is 2.19. The highest BCUT2D eigenvalue weighted by atomic mass is 32.2. The van der Waals surface area contributed by atoms with Crippen LogP contribution in [0.15, 0.2) is 0 Å². The van der Waals surface area contributed by atoms with E-state index in [-0.39, 0.29) is 30.8 Å². The Bertz CT molecular complexity index is 353. The molecular weight excluding hydrogens is 260 g/mol. The molecule has 0 heterocycles. The van der Waals surface area contributed by atoms with Gasteiger partial charge in [0.25, 0.3) is 0 Å². The second kappa shape index (κ2) is 9.30. The van der Waals surface area contributed by atoms with E-state index in [1.165, 1.54) is 0 Å². The lowest BCUT2D eigenvalue weighted by molar-refractivity contribution is -0.142. The molecule has 0 radical (unpaired) electrons. The number of carboxylic acid groups (broad SMARTS) is 2. The minimum atomic E-state index is -1.20. The molecule has 0 aliphatic carbocycles. The molecule has 1 amide bonds. The van der Waals surface area contributed by atoms with Crippen LogP contribution in [-0.2, 0) is 14.4 Å². The van der Waals surface area contributed by atoms with Crippen molar-refractivity contribution in [1.82, 2.24) is 5.32 Å². The lowest BCUT2D eigenvalue weighted by Gasteiger charge is -2.13. The Kier molecular flexibility index (Phi) is 8.39. The molecule has 8 heteroatoms. The van der Waals surface area contributed by atoms with Gasteiger partial charge < -0.3 is 15.5 Å². The standard InChI is InChI=1S/C10H14N2O5S/c11-4-5-18-6-8(13)12-7(10(16)17)2-1-3-9(14)15/h7H,1-3,5-6H2,(H,12,13)(H,14,15)(H,16,17)/t7-/m1/s1. The van der Waals surface area contributed by atoms with Crippen molar-refractivity contribution in [3.05, 3.63) is 0 Å². The van der Waals surface area contributed by atoms with Crippen molar-refractivity contribution in [3.63, 3.8) is 0 Å². The summed E-state index contributed by atoms with van der Waals surface area (Å²) in [7, 11) is 0. The summed E-state index contributed by atoms with van der Waals surface area (Å²) < 4.78 is 0. The smallest absolute Gasteiger partial charge is 0.326 e. The average molecular weight is 274 g/mol. The number of rotatable bonds is 9. The minimum absolute atomic E-state index is 0.0102. The van der Waals surface area contributed by atoms with E-state index in [2.05, 4.69) is 5.32 Å². The molecule has 0 rings (SSSR count). The van der Waals surface area contributed by atoms with Crippen molar-refractivity contribution in [1.29, 1.82) is 5.26 Å². The third kappa shape index (κ3) is 8.41. The molecule has 0 aromatic heterocycles. The predicted molar refractivity (Wildman–Crippen MR) is 64.0 cm³/mol. The lowest BCUT2D eigenvalue weighted by Crippen LogP contribution is -2.41. The predicted octanol–water partition coefficient (Wildman–Crippen LogP) is 0.0675. The van der Waals surface area contributed by atoms with Gasteiger partial charge >= 0.3 is 11.9 Å². The van der Waals surface area contributed by atoms with Gasteiger partial charge in [0.1, 0.15) is 6.04 Å². The molecule has 0 aromatic rings. The van der Waals surface area contributed by atoms with Crippen LogP contribution in [0.2, 0.25) is 0 Å². The van der Waals surface area contributed by atoms with Crippen LogP contribution in [0.4, 0.5) is 0 Å². The maximum atomic E-state index is 11.3. The van der Waals surface area contributed by atoms with Crippen LogP contribution in [-0.4, -0.2) is 45.6 Å². The van der Waals surface area contributed by atoms with E-state index in [1.54, 1.807) is 0 Å². The van der Waals surface area contributed by atoms with Gasteiger partial charge in [-0.2, -0.15) is 5.26 Å². The van der Waals surface area contributed by atoms with Crippen molar-refractivity contribution in [2.75, 3.05) is 11.5 Å². The summed E-state index contributed by atoms with van der Waals surface area (Å²) in [5.74, 6) is -2.51. The van der Waals surface area contributed by atoms with Crippen molar-refractivity contribution in [3.8, 4) is 6.07 Å². The number of nitriles is 1.